The maximum absolute atomic E-state index is 12.4. The molecule has 1 amide bonds. The van der Waals surface area contributed by atoms with E-state index in [1.54, 1.807) is 33.5 Å². The predicted octanol–water partition coefficient (Wildman–Crippen LogP) is 4.60. The van der Waals surface area contributed by atoms with E-state index < -0.39 is 0 Å². The summed E-state index contributed by atoms with van der Waals surface area (Å²) in [7, 11) is 4.62. The highest BCUT2D eigenvalue weighted by Crippen LogP contribution is 2.40. The van der Waals surface area contributed by atoms with Crippen LogP contribution in [0.5, 0.6) is 17.2 Å². The Kier molecular flexibility index (Phi) is 6.08. The van der Waals surface area contributed by atoms with Crippen LogP contribution >= 0.6 is 11.8 Å². The molecule has 3 rings (SSSR count). The Balaban J connectivity index is 1.68. The first-order chi connectivity index (χ1) is 13.1. The molecule has 0 radical (unpaired) electrons. The molecule has 0 bridgehead atoms. The minimum Gasteiger partial charge on any atom is -0.493 e. The zero-order valence-electron chi connectivity index (χ0n) is 15.4. The Morgan fingerprint density at radius 2 is 1.56 bits per heavy atom. The topological polar surface area (TPSA) is 56.8 Å². The monoisotopic (exact) mass is 383 g/mol. The number of anilines is 1. The van der Waals surface area contributed by atoms with Crippen molar-refractivity contribution < 1.29 is 19.0 Å². The standard InChI is InChI=1S/C21H21NO4S/c1-24-18-11-16(12-19(25-2)21(18)26-3)22-20(23)13-27-17-9-8-14-6-4-5-7-15(14)10-17/h4-12H,13H2,1-3H3,(H,22,23). The summed E-state index contributed by atoms with van der Waals surface area (Å²) in [6.07, 6.45) is 0. The number of benzene rings is 3. The van der Waals surface area contributed by atoms with E-state index in [2.05, 4.69) is 29.6 Å². The fraction of sp³-hybridized carbons (Fsp3) is 0.190. The van der Waals surface area contributed by atoms with Crippen molar-refractivity contribution in [1.82, 2.24) is 0 Å². The molecule has 0 unspecified atom stereocenters. The van der Waals surface area contributed by atoms with E-state index in [-0.39, 0.29) is 5.91 Å². The quantitative estimate of drug-likeness (QED) is 0.605. The first-order valence-electron chi connectivity index (χ1n) is 8.36. The number of hydrogen-bond donors (Lipinski definition) is 1. The minimum absolute atomic E-state index is 0.109. The van der Waals surface area contributed by atoms with Gasteiger partial charge in [-0.05, 0) is 22.9 Å². The van der Waals surface area contributed by atoms with Crippen LogP contribution in [0.2, 0.25) is 0 Å². The summed E-state index contributed by atoms with van der Waals surface area (Å²) < 4.78 is 15.9. The minimum atomic E-state index is -0.109. The van der Waals surface area contributed by atoms with E-state index in [0.29, 0.717) is 28.7 Å². The molecule has 0 saturated carbocycles. The SMILES string of the molecule is COc1cc(NC(=O)CSc2ccc3ccccc3c2)cc(OC)c1OC. The van der Waals surface area contributed by atoms with Crippen molar-refractivity contribution in [2.75, 3.05) is 32.4 Å². The van der Waals surface area contributed by atoms with Crippen LogP contribution in [0.15, 0.2) is 59.5 Å². The van der Waals surface area contributed by atoms with Crippen molar-refractivity contribution >= 4 is 34.1 Å². The van der Waals surface area contributed by atoms with Crippen molar-refractivity contribution in [1.29, 1.82) is 0 Å². The van der Waals surface area contributed by atoms with Crippen LogP contribution in [0.4, 0.5) is 5.69 Å². The van der Waals surface area contributed by atoms with Gasteiger partial charge in [0, 0.05) is 22.7 Å². The lowest BCUT2D eigenvalue weighted by molar-refractivity contribution is -0.113. The number of carbonyl (C=O) groups is 1. The van der Waals surface area contributed by atoms with Gasteiger partial charge in [0.25, 0.3) is 0 Å². The average Bonchev–Trinajstić information content (AvgIpc) is 2.71. The van der Waals surface area contributed by atoms with Crippen molar-refractivity contribution in [3.05, 3.63) is 54.6 Å². The average molecular weight is 383 g/mol. The lowest BCUT2D eigenvalue weighted by Gasteiger charge is -2.14. The Labute approximate surface area is 162 Å². The zero-order valence-corrected chi connectivity index (χ0v) is 16.3. The summed E-state index contributed by atoms with van der Waals surface area (Å²) in [5.74, 6) is 1.67. The third kappa shape index (κ3) is 4.46. The molecule has 140 valence electrons. The highest BCUT2D eigenvalue weighted by Gasteiger charge is 2.14. The number of amides is 1. The van der Waals surface area contributed by atoms with Gasteiger partial charge in [0.2, 0.25) is 11.7 Å². The molecule has 3 aromatic carbocycles. The third-order valence-electron chi connectivity index (χ3n) is 4.04. The molecule has 0 aliphatic carbocycles. The highest BCUT2D eigenvalue weighted by atomic mass is 32.2. The Morgan fingerprint density at radius 1 is 0.889 bits per heavy atom. The van der Waals surface area contributed by atoms with Crippen LogP contribution in [0, 0.1) is 0 Å². The van der Waals surface area contributed by atoms with Crippen LogP contribution in [0.1, 0.15) is 0 Å². The molecule has 1 N–H and O–H groups in total. The second-order valence-electron chi connectivity index (χ2n) is 5.76. The van der Waals surface area contributed by atoms with E-state index in [1.165, 1.54) is 17.1 Å². The van der Waals surface area contributed by atoms with Crippen molar-refractivity contribution in [2.45, 2.75) is 4.90 Å². The van der Waals surface area contributed by atoms with Gasteiger partial charge < -0.3 is 19.5 Å². The lowest BCUT2D eigenvalue weighted by atomic mass is 10.1. The fourth-order valence-corrected chi connectivity index (χ4v) is 3.50. The zero-order chi connectivity index (χ0) is 19.2. The number of fused-ring (bicyclic) bond motifs is 1. The summed E-state index contributed by atoms with van der Waals surface area (Å²) in [6.45, 7) is 0. The highest BCUT2D eigenvalue weighted by molar-refractivity contribution is 8.00. The molecule has 3 aromatic rings. The van der Waals surface area contributed by atoms with Crippen LogP contribution in [0.3, 0.4) is 0 Å². The molecule has 6 heteroatoms. The summed E-state index contributed by atoms with van der Waals surface area (Å²) in [4.78, 5) is 13.4. The number of ether oxygens (including phenoxy) is 3. The third-order valence-corrected chi connectivity index (χ3v) is 5.03. The van der Waals surface area contributed by atoms with E-state index >= 15 is 0 Å². The van der Waals surface area contributed by atoms with E-state index in [4.69, 9.17) is 14.2 Å². The van der Waals surface area contributed by atoms with Gasteiger partial charge >= 0.3 is 0 Å². The molecular weight excluding hydrogens is 362 g/mol. The van der Waals surface area contributed by atoms with Gasteiger partial charge in [-0.2, -0.15) is 0 Å². The van der Waals surface area contributed by atoms with Gasteiger partial charge in [-0.15, -0.1) is 11.8 Å². The molecule has 5 nitrogen and oxygen atoms in total. The second kappa shape index (κ2) is 8.68. The van der Waals surface area contributed by atoms with Crippen molar-refractivity contribution in [3.8, 4) is 17.2 Å². The molecular formula is C21H21NO4S. The Hall–Kier alpha value is -2.86. The van der Waals surface area contributed by atoms with Gasteiger partial charge in [0.1, 0.15) is 0 Å². The van der Waals surface area contributed by atoms with Crippen LogP contribution in [-0.2, 0) is 4.79 Å². The van der Waals surface area contributed by atoms with Gasteiger partial charge in [0.05, 0.1) is 27.1 Å². The van der Waals surface area contributed by atoms with Crippen molar-refractivity contribution in [3.63, 3.8) is 0 Å². The molecule has 0 saturated heterocycles. The van der Waals surface area contributed by atoms with Gasteiger partial charge in [-0.3, -0.25) is 4.79 Å². The first-order valence-corrected chi connectivity index (χ1v) is 9.34. The number of carbonyl (C=O) groups excluding carboxylic acids is 1. The maximum Gasteiger partial charge on any atom is 0.234 e. The number of thioether (sulfide) groups is 1. The largest absolute Gasteiger partial charge is 0.493 e. The summed E-state index contributed by atoms with van der Waals surface area (Å²) in [5, 5.41) is 5.22. The molecule has 0 aliphatic rings. The van der Waals surface area contributed by atoms with Gasteiger partial charge in [-0.1, -0.05) is 30.3 Å². The Bertz CT molecular complexity index is 933. The Morgan fingerprint density at radius 3 is 2.19 bits per heavy atom. The number of rotatable bonds is 7. The number of hydrogen-bond acceptors (Lipinski definition) is 5. The fourth-order valence-electron chi connectivity index (χ4n) is 2.76. The van der Waals surface area contributed by atoms with E-state index in [9.17, 15) is 4.79 Å². The number of methoxy groups -OCH3 is 3. The predicted molar refractivity (Wildman–Crippen MR) is 109 cm³/mol. The van der Waals surface area contributed by atoms with E-state index in [1.807, 2.05) is 18.2 Å². The van der Waals surface area contributed by atoms with Crippen LogP contribution in [-0.4, -0.2) is 33.0 Å². The maximum atomic E-state index is 12.4. The first kappa shape index (κ1) is 18.9. The van der Waals surface area contributed by atoms with E-state index in [0.717, 1.165) is 10.3 Å². The molecule has 0 aromatic heterocycles. The molecule has 0 heterocycles. The van der Waals surface area contributed by atoms with Gasteiger partial charge in [0.15, 0.2) is 11.5 Å². The lowest BCUT2D eigenvalue weighted by Crippen LogP contribution is -2.14. The van der Waals surface area contributed by atoms with Crippen LogP contribution < -0.4 is 19.5 Å². The van der Waals surface area contributed by atoms with Crippen molar-refractivity contribution in [2.24, 2.45) is 0 Å². The second-order valence-corrected chi connectivity index (χ2v) is 6.81. The van der Waals surface area contributed by atoms with Gasteiger partial charge in [-0.25, -0.2) is 0 Å². The van der Waals surface area contributed by atoms with Crippen LogP contribution in [0.25, 0.3) is 10.8 Å². The normalized spacial score (nSPS) is 10.5. The summed E-state index contributed by atoms with van der Waals surface area (Å²) in [5.41, 5.74) is 0.591. The molecule has 0 atom stereocenters. The molecule has 0 aliphatic heterocycles. The number of nitrogens with one attached hydrogen (secondary N) is 1. The summed E-state index contributed by atoms with van der Waals surface area (Å²) >= 11 is 1.49. The summed E-state index contributed by atoms with van der Waals surface area (Å²) in [6, 6.07) is 17.8. The molecule has 0 spiro atoms. The smallest absolute Gasteiger partial charge is 0.234 e. The molecule has 0 fully saturated rings. The molecule has 27 heavy (non-hydrogen) atoms.